The van der Waals surface area contributed by atoms with Gasteiger partial charge in [-0.3, -0.25) is 25.0 Å². The van der Waals surface area contributed by atoms with Crippen molar-refractivity contribution in [3.63, 3.8) is 0 Å². The summed E-state index contributed by atoms with van der Waals surface area (Å²) in [5.74, 6) is -1.05. The maximum atomic E-state index is 12.6. The second kappa shape index (κ2) is 10.1. The van der Waals surface area contributed by atoms with Gasteiger partial charge in [-0.25, -0.2) is 0 Å². The Labute approximate surface area is 183 Å². The summed E-state index contributed by atoms with van der Waals surface area (Å²) in [5, 5.41) is 19.1. The van der Waals surface area contributed by atoms with Crippen LogP contribution in [0.2, 0.25) is 0 Å². The fourth-order valence-electron chi connectivity index (χ4n) is 2.81. The van der Waals surface area contributed by atoms with Gasteiger partial charge in [-0.2, -0.15) is 0 Å². The molecule has 0 aliphatic carbocycles. The summed E-state index contributed by atoms with van der Waals surface area (Å²) in [7, 11) is 0. The Bertz CT molecular complexity index is 1140. The van der Waals surface area contributed by atoms with Crippen molar-refractivity contribution in [1.82, 2.24) is 10.6 Å². The van der Waals surface area contributed by atoms with E-state index in [-0.39, 0.29) is 22.3 Å². The number of rotatable bonds is 6. The fraction of sp³-hybridized carbons (Fsp3) is 0.0455. The van der Waals surface area contributed by atoms with Crippen LogP contribution in [0.15, 0.2) is 78.9 Å². The maximum absolute atomic E-state index is 12.6. The Hall–Kier alpha value is -4.11. The van der Waals surface area contributed by atoms with Crippen molar-refractivity contribution < 1.29 is 14.5 Å². The lowest BCUT2D eigenvalue weighted by molar-refractivity contribution is -0.385. The lowest BCUT2D eigenvalue weighted by atomic mass is 10.1. The number of carbonyl (C=O) groups is 2. The normalized spacial score (nSPS) is 10.1. The second-order valence-electron chi connectivity index (χ2n) is 6.40. The molecule has 3 N–H and O–H groups in total. The molecule has 0 bridgehead atoms. The van der Waals surface area contributed by atoms with Crippen molar-refractivity contribution in [2.24, 2.45) is 0 Å². The van der Waals surface area contributed by atoms with E-state index >= 15 is 0 Å². The van der Waals surface area contributed by atoms with Crippen LogP contribution in [0.1, 0.15) is 26.3 Å². The predicted octanol–water partition coefficient (Wildman–Crippen LogP) is 3.65. The number of carbonyl (C=O) groups excluding carboxylic acids is 2. The average molecular weight is 434 g/mol. The minimum atomic E-state index is -0.726. The van der Waals surface area contributed by atoms with E-state index in [1.165, 1.54) is 24.3 Å². The summed E-state index contributed by atoms with van der Waals surface area (Å²) in [4.78, 5) is 35.5. The number of amides is 2. The van der Waals surface area contributed by atoms with E-state index in [9.17, 15) is 19.7 Å². The molecular weight excluding hydrogens is 416 g/mol. The highest BCUT2D eigenvalue weighted by Crippen LogP contribution is 2.18. The Kier molecular flexibility index (Phi) is 7.02. The Morgan fingerprint density at radius 2 is 1.45 bits per heavy atom. The quantitative estimate of drug-likeness (QED) is 0.310. The molecule has 0 fully saturated rings. The summed E-state index contributed by atoms with van der Waals surface area (Å²) in [5.41, 5.74) is 1.23. The molecule has 3 aromatic carbocycles. The van der Waals surface area contributed by atoms with Gasteiger partial charge in [0.2, 0.25) is 0 Å². The molecule has 0 spiro atoms. The van der Waals surface area contributed by atoms with Gasteiger partial charge in [0.15, 0.2) is 5.11 Å². The lowest BCUT2D eigenvalue weighted by Crippen LogP contribution is -2.35. The third-order valence-corrected chi connectivity index (χ3v) is 4.49. The molecule has 31 heavy (non-hydrogen) atoms. The summed E-state index contributed by atoms with van der Waals surface area (Å²) in [6, 6.07) is 21.7. The molecule has 0 radical (unpaired) electrons. The monoisotopic (exact) mass is 434 g/mol. The van der Waals surface area contributed by atoms with Crippen LogP contribution in [-0.2, 0) is 6.54 Å². The number of para-hydroxylation sites is 2. The molecule has 0 aliphatic rings. The van der Waals surface area contributed by atoms with Gasteiger partial charge >= 0.3 is 0 Å². The number of hydrogen-bond acceptors (Lipinski definition) is 5. The van der Waals surface area contributed by atoms with Gasteiger partial charge in [0.05, 0.1) is 16.2 Å². The zero-order chi connectivity index (χ0) is 22.2. The number of anilines is 1. The third-order valence-electron chi connectivity index (χ3n) is 4.29. The number of nitrogens with one attached hydrogen (secondary N) is 3. The molecule has 0 aliphatic heterocycles. The van der Waals surface area contributed by atoms with Crippen molar-refractivity contribution in [2.75, 3.05) is 5.32 Å². The first-order chi connectivity index (χ1) is 15.0. The highest BCUT2D eigenvalue weighted by Gasteiger charge is 2.20. The van der Waals surface area contributed by atoms with Crippen LogP contribution in [0.25, 0.3) is 0 Å². The van der Waals surface area contributed by atoms with Crippen LogP contribution in [-0.4, -0.2) is 21.9 Å². The number of benzene rings is 3. The summed E-state index contributed by atoms with van der Waals surface area (Å²) in [6.45, 7) is 0.354. The zero-order valence-electron chi connectivity index (χ0n) is 16.2. The van der Waals surface area contributed by atoms with E-state index in [2.05, 4.69) is 16.0 Å². The third kappa shape index (κ3) is 5.71. The highest BCUT2D eigenvalue weighted by atomic mass is 32.1. The first-order valence-corrected chi connectivity index (χ1v) is 9.63. The van der Waals surface area contributed by atoms with E-state index in [1.54, 1.807) is 24.3 Å². The average Bonchev–Trinajstić information content (AvgIpc) is 2.78. The van der Waals surface area contributed by atoms with Crippen LogP contribution < -0.4 is 16.0 Å². The first kappa shape index (κ1) is 21.6. The molecule has 0 saturated carbocycles. The topological polar surface area (TPSA) is 113 Å². The Morgan fingerprint density at radius 1 is 0.839 bits per heavy atom. The van der Waals surface area contributed by atoms with Crippen molar-refractivity contribution in [2.45, 2.75) is 6.54 Å². The van der Waals surface area contributed by atoms with Crippen molar-refractivity contribution >= 4 is 40.5 Å². The van der Waals surface area contributed by atoms with Gasteiger partial charge in [-0.15, -0.1) is 0 Å². The summed E-state index contributed by atoms with van der Waals surface area (Å²) >= 11 is 5.16. The van der Waals surface area contributed by atoms with Crippen LogP contribution in [0.4, 0.5) is 11.4 Å². The van der Waals surface area contributed by atoms with E-state index in [0.717, 1.165) is 5.56 Å². The molecular formula is C22H18N4O4S. The standard InChI is InChI=1S/C22H18N4O4S/c27-20(23-14-15-8-2-1-3-9-15)16-10-4-6-12-18(16)24-22(31)25-21(28)17-11-5-7-13-19(17)26(29)30/h1-13H,14H2,(H,23,27)(H2,24,25,28,31). The SMILES string of the molecule is O=C(NCc1ccccc1)c1ccccc1NC(=S)NC(=O)c1ccccc1[N+](=O)[O-]. The van der Waals surface area contributed by atoms with Gasteiger partial charge in [-0.1, -0.05) is 54.6 Å². The molecule has 3 rings (SSSR count). The largest absolute Gasteiger partial charge is 0.348 e. The van der Waals surface area contributed by atoms with Crippen LogP contribution >= 0.6 is 12.2 Å². The predicted molar refractivity (Wildman–Crippen MR) is 121 cm³/mol. The van der Waals surface area contributed by atoms with Gasteiger partial charge in [0, 0.05) is 12.6 Å². The number of nitro benzene ring substituents is 1. The molecule has 0 unspecified atom stereocenters. The van der Waals surface area contributed by atoms with E-state index in [1.807, 2.05) is 30.3 Å². The van der Waals surface area contributed by atoms with Gasteiger partial charge in [0.25, 0.3) is 17.5 Å². The minimum Gasteiger partial charge on any atom is -0.348 e. The number of nitro groups is 1. The molecule has 0 heterocycles. The lowest BCUT2D eigenvalue weighted by Gasteiger charge is -2.13. The summed E-state index contributed by atoms with van der Waals surface area (Å²) < 4.78 is 0. The van der Waals surface area contributed by atoms with Crippen molar-refractivity contribution in [1.29, 1.82) is 0 Å². The molecule has 0 atom stereocenters. The smallest absolute Gasteiger partial charge is 0.282 e. The number of nitrogens with zero attached hydrogens (tertiary/aromatic N) is 1. The molecule has 8 nitrogen and oxygen atoms in total. The number of thiocarbonyl (C=S) groups is 1. The molecule has 0 saturated heterocycles. The van der Waals surface area contributed by atoms with E-state index < -0.39 is 10.8 Å². The fourth-order valence-corrected chi connectivity index (χ4v) is 3.02. The molecule has 3 aromatic rings. The van der Waals surface area contributed by atoms with Gasteiger partial charge in [0.1, 0.15) is 5.56 Å². The minimum absolute atomic E-state index is 0.0912. The highest BCUT2D eigenvalue weighted by molar-refractivity contribution is 7.80. The molecule has 9 heteroatoms. The molecule has 2 amide bonds. The summed E-state index contributed by atoms with van der Waals surface area (Å²) in [6.07, 6.45) is 0. The van der Waals surface area contributed by atoms with Gasteiger partial charge < -0.3 is 10.6 Å². The maximum Gasteiger partial charge on any atom is 0.282 e. The number of hydrogen-bond donors (Lipinski definition) is 3. The molecule has 0 aromatic heterocycles. The van der Waals surface area contributed by atoms with Crippen LogP contribution in [0.3, 0.4) is 0 Å². The molecule has 156 valence electrons. The Morgan fingerprint density at radius 3 is 2.16 bits per heavy atom. The first-order valence-electron chi connectivity index (χ1n) is 9.22. The second-order valence-corrected chi connectivity index (χ2v) is 6.80. The van der Waals surface area contributed by atoms with E-state index in [4.69, 9.17) is 12.2 Å². The van der Waals surface area contributed by atoms with Crippen LogP contribution in [0.5, 0.6) is 0 Å². The Balaban J connectivity index is 1.67. The van der Waals surface area contributed by atoms with Crippen molar-refractivity contribution in [3.05, 3.63) is 106 Å². The van der Waals surface area contributed by atoms with Crippen LogP contribution in [0, 0.1) is 10.1 Å². The van der Waals surface area contributed by atoms with E-state index in [0.29, 0.717) is 17.8 Å². The van der Waals surface area contributed by atoms with Gasteiger partial charge in [-0.05, 0) is 36.0 Å². The van der Waals surface area contributed by atoms with Crippen molar-refractivity contribution in [3.8, 4) is 0 Å². The zero-order valence-corrected chi connectivity index (χ0v) is 17.0.